The zero-order valence-electron chi connectivity index (χ0n) is 19.1. The van der Waals surface area contributed by atoms with E-state index in [1.807, 2.05) is 67.6 Å². The van der Waals surface area contributed by atoms with Crippen LogP contribution in [0.2, 0.25) is 0 Å². The van der Waals surface area contributed by atoms with Gasteiger partial charge in [-0.25, -0.2) is 9.78 Å². The van der Waals surface area contributed by atoms with Crippen LogP contribution < -0.4 is 5.32 Å². The lowest BCUT2D eigenvalue weighted by Crippen LogP contribution is -2.16. The first-order valence-corrected chi connectivity index (χ1v) is 12.6. The summed E-state index contributed by atoms with van der Waals surface area (Å²) in [5, 5.41) is 4.42. The van der Waals surface area contributed by atoms with Gasteiger partial charge in [0.1, 0.15) is 5.00 Å². The molecule has 0 radical (unpaired) electrons. The van der Waals surface area contributed by atoms with Crippen molar-refractivity contribution in [2.24, 2.45) is 0 Å². The molecule has 5 rings (SSSR count). The van der Waals surface area contributed by atoms with E-state index in [-0.39, 0.29) is 11.9 Å². The Morgan fingerprint density at radius 2 is 1.79 bits per heavy atom. The van der Waals surface area contributed by atoms with Crippen LogP contribution in [0.3, 0.4) is 0 Å². The molecule has 2 aromatic heterocycles. The molecule has 1 amide bonds. The molecule has 4 aromatic rings. The summed E-state index contributed by atoms with van der Waals surface area (Å²) in [7, 11) is 0. The van der Waals surface area contributed by atoms with Crippen molar-refractivity contribution in [3.05, 3.63) is 82.2 Å². The number of anilines is 1. The highest BCUT2D eigenvalue weighted by Gasteiger charge is 2.28. The molecule has 0 aliphatic heterocycles. The van der Waals surface area contributed by atoms with Crippen molar-refractivity contribution >= 4 is 39.1 Å². The second-order valence-electron chi connectivity index (χ2n) is 8.44. The van der Waals surface area contributed by atoms with Crippen LogP contribution in [0.25, 0.3) is 22.2 Å². The van der Waals surface area contributed by atoms with Gasteiger partial charge < -0.3 is 10.1 Å². The van der Waals surface area contributed by atoms with Crippen LogP contribution in [0.15, 0.2) is 60.7 Å². The highest BCUT2D eigenvalue weighted by atomic mass is 32.1. The predicted octanol–water partition coefficient (Wildman–Crippen LogP) is 6.66. The van der Waals surface area contributed by atoms with Crippen molar-refractivity contribution in [2.45, 2.75) is 39.0 Å². The summed E-state index contributed by atoms with van der Waals surface area (Å²) in [6, 6.07) is 19.3. The average molecular weight is 471 g/mol. The molecular weight excluding hydrogens is 444 g/mol. The Kier molecular flexibility index (Phi) is 6.41. The molecule has 1 N–H and O–H groups in total. The van der Waals surface area contributed by atoms with Crippen LogP contribution in [0.1, 0.15) is 57.3 Å². The molecule has 0 fully saturated rings. The molecule has 0 saturated heterocycles. The van der Waals surface area contributed by atoms with Gasteiger partial charge in [-0.05, 0) is 49.8 Å². The van der Waals surface area contributed by atoms with Gasteiger partial charge in [0.05, 0.1) is 28.9 Å². The summed E-state index contributed by atoms with van der Waals surface area (Å²) >= 11 is 1.50. The Labute approximate surface area is 202 Å². The lowest BCUT2D eigenvalue weighted by Gasteiger charge is -2.13. The molecule has 2 aromatic carbocycles. The quantitative estimate of drug-likeness (QED) is 0.320. The molecule has 0 bridgehead atoms. The number of benzene rings is 2. The molecule has 0 spiro atoms. The van der Waals surface area contributed by atoms with Gasteiger partial charge in [0.15, 0.2) is 0 Å². The summed E-state index contributed by atoms with van der Waals surface area (Å²) in [6.45, 7) is 2.34. The molecule has 172 valence electrons. The van der Waals surface area contributed by atoms with E-state index >= 15 is 0 Å². The number of carbonyl (C=O) groups is 2. The fourth-order valence-electron chi connectivity index (χ4n) is 4.43. The minimum absolute atomic E-state index is 0.251. The lowest BCUT2D eigenvalue weighted by atomic mass is 9.95. The first kappa shape index (κ1) is 22.3. The Balaban J connectivity index is 1.56. The van der Waals surface area contributed by atoms with E-state index in [9.17, 15) is 9.59 Å². The third-order valence-corrected chi connectivity index (χ3v) is 7.28. The zero-order valence-corrected chi connectivity index (χ0v) is 19.9. The first-order valence-electron chi connectivity index (χ1n) is 11.7. The lowest BCUT2D eigenvalue weighted by molar-refractivity contribution is 0.0505. The summed E-state index contributed by atoms with van der Waals surface area (Å²) in [4.78, 5) is 32.5. The number of ether oxygens (including phenoxy) is 1. The molecule has 5 nitrogen and oxygen atoms in total. The van der Waals surface area contributed by atoms with Crippen molar-refractivity contribution in [1.29, 1.82) is 0 Å². The van der Waals surface area contributed by atoms with Crippen molar-refractivity contribution < 1.29 is 14.3 Å². The largest absolute Gasteiger partial charge is 0.462 e. The SMILES string of the molecule is CCCOC(=O)c1c(NC(=O)c2cc(-c3ccccc3)nc3ccccc23)sc2c1CCCC2. The maximum atomic E-state index is 13.6. The van der Waals surface area contributed by atoms with E-state index in [0.717, 1.165) is 59.8 Å². The van der Waals surface area contributed by atoms with Gasteiger partial charge in [0.2, 0.25) is 0 Å². The number of fused-ring (bicyclic) bond motifs is 2. The Morgan fingerprint density at radius 1 is 1.03 bits per heavy atom. The standard InChI is InChI=1S/C28H26N2O3S/c1-2-16-33-28(32)25-20-13-7-9-15-24(20)34-27(25)30-26(31)21-17-23(18-10-4-3-5-11-18)29-22-14-8-6-12-19(21)22/h3-6,8,10-12,14,17H,2,7,9,13,15-16H2,1H3,(H,30,31). The summed E-state index contributed by atoms with van der Waals surface area (Å²) in [6.07, 6.45) is 4.67. The van der Waals surface area contributed by atoms with Crippen LogP contribution in [0.4, 0.5) is 5.00 Å². The number of aromatic nitrogens is 1. The van der Waals surface area contributed by atoms with Crippen molar-refractivity contribution in [3.63, 3.8) is 0 Å². The molecule has 0 saturated carbocycles. The second kappa shape index (κ2) is 9.77. The normalized spacial score (nSPS) is 12.9. The summed E-state index contributed by atoms with van der Waals surface area (Å²) < 4.78 is 5.48. The third kappa shape index (κ3) is 4.33. The number of hydrogen-bond donors (Lipinski definition) is 1. The molecule has 1 aliphatic rings. The maximum absolute atomic E-state index is 13.6. The summed E-state index contributed by atoms with van der Waals surface area (Å²) in [5.74, 6) is -0.597. The Bertz CT molecular complexity index is 1360. The van der Waals surface area contributed by atoms with E-state index in [1.165, 1.54) is 16.2 Å². The molecule has 34 heavy (non-hydrogen) atoms. The van der Waals surface area contributed by atoms with Gasteiger partial charge in [-0.15, -0.1) is 11.3 Å². The molecule has 2 heterocycles. The van der Waals surface area contributed by atoms with Crippen LogP contribution in [-0.4, -0.2) is 23.5 Å². The van der Waals surface area contributed by atoms with E-state index < -0.39 is 0 Å². The number of aryl methyl sites for hydroxylation is 1. The summed E-state index contributed by atoms with van der Waals surface area (Å²) in [5.41, 5.74) is 4.53. The van der Waals surface area contributed by atoms with Crippen LogP contribution in [0.5, 0.6) is 0 Å². The Hall–Kier alpha value is -3.51. The third-order valence-electron chi connectivity index (χ3n) is 6.07. The number of nitrogens with one attached hydrogen (secondary N) is 1. The van der Waals surface area contributed by atoms with E-state index in [2.05, 4.69) is 5.32 Å². The van der Waals surface area contributed by atoms with Crippen LogP contribution in [-0.2, 0) is 17.6 Å². The van der Waals surface area contributed by atoms with Gasteiger partial charge >= 0.3 is 5.97 Å². The fraction of sp³-hybridized carbons (Fsp3) is 0.250. The number of amides is 1. The predicted molar refractivity (Wildman–Crippen MR) is 137 cm³/mol. The number of nitrogens with zero attached hydrogens (tertiary/aromatic N) is 1. The highest BCUT2D eigenvalue weighted by Crippen LogP contribution is 2.39. The Morgan fingerprint density at radius 3 is 2.62 bits per heavy atom. The minimum Gasteiger partial charge on any atom is -0.462 e. The number of rotatable bonds is 6. The van der Waals surface area contributed by atoms with E-state index in [0.29, 0.717) is 22.7 Å². The zero-order chi connectivity index (χ0) is 23.5. The van der Waals surface area contributed by atoms with Gasteiger partial charge in [0.25, 0.3) is 5.91 Å². The number of esters is 1. The maximum Gasteiger partial charge on any atom is 0.341 e. The molecular formula is C28H26N2O3S. The van der Waals surface area contributed by atoms with Crippen molar-refractivity contribution in [3.8, 4) is 11.3 Å². The van der Waals surface area contributed by atoms with Crippen LogP contribution in [0, 0.1) is 0 Å². The van der Waals surface area contributed by atoms with E-state index in [4.69, 9.17) is 9.72 Å². The number of hydrogen-bond acceptors (Lipinski definition) is 5. The number of carbonyl (C=O) groups excluding carboxylic acids is 2. The van der Waals surface area contributed by atoms with Crippen molar-refractivity contribution in [2.75, 3.05) is 11.9 Å². The minimum atomic E-state index is -0.346. The van der Waals surface area contributed by atoms with Gasteiger partial charge in [0, 0.05) is 15.8 Å². The van der Waals surface area contributed by atoms with Gasteiger partial charge in [-0.3, -0.25) is 4.79 Å². The fourth-order valence-corrected chi connectivity index (χ4v) is 5.70. The number of thiophene rings is 1. The first-order chi connectivity index (χ1) is 16.7. The van der Waals surface area contributed by atoms with Crippen molar-refractivity contribution in [1.82, 2.24) is 4.98 Å². The molecule has 0 atom stereocenters. The molecule has 1 aliphatic carbocycles. The van der Waals surface area contributed by atoms with Gasteiger partial charge in [-0.2, -0.15) is 0 Å². The number of pyridine rings is 1. The average Bonchev–Trinajstić information content (AvgIpc) is 3.24. The van der Waals surface area contributed by atoms with Gasteiger partial charge in [-0.1, -0.05) is 55.5 Å². The topological polar surface area (TPSA) is 68.3 Å². The van der Waals surface area contributed by atoms with Crippen LogP contribution >= 0.6 is 11.3 Å². The number of para-hydroxylation sites is 1. The monoisotopic (exact) mass is 470 g/mol. The molecule has 6 heteroatoms. The second-order valence-corrected chi connectivity index (χ2v) is 9.55. The smallest absolute Gasteiger partial charge is 0.341 e. The highest BCUT2D eigenvalue weighted by molar-refractivity contribution is 7.17. The van der Waals surface area contributed by atoms with E-state index in [1.54, 1.807) is 0 Å². The molecule has 0 unspecified atom stereocenters.